The lowest BCUT2D eigenvalue weighted by Crippen LogP contribution is -2.20. The number of halogens is 2. The van der Waals surface area contributed by atoms with Gasteiger partial charge in [0.15, 0.2) is 0 Å². The van der Waals surface area contributed by atoms with Crippen LogP contribution in [0.25, 0.3) is 0 Å². The van der Waals surface area contributed by atoms with Crippen LogP contribution >= 0.6 is 0 Å². The molecule has 0 aliphatic rings. The maximum atomic E-state index is 14.0. The zero-order valence-electron chi connectivity index (χ0n) is 12.6. The summed E-state index contributed by atoms with van der Waals surface area (Å²) >= 11 is 0. The molecular formula is C17H19F2NO. The number of hydrogen-bond acceptors (Lipinski definition) is 2. The minimum atomic E-state index is -0.575. The normalized spacial score (nSPS) is 12.3. The number of benzene rings is 2. The predicted molar refractivity (Wildman–Crippen MR) is 79.7 cm³/mol. The minimum absolute atomic E-state index is 0.338. The number of nitrogens with one attached hydrogen (secondary N) is 1. The molecule has 2 nitrogen and oxygen atoms in total. The molecule has 2 rings (SSSR count). The van der Waals surface area contributed by atoms with Crippen molar-refractivity contribution in [2.75, 3.05) is 14.2 Å². The van der Waals surface area contributed by atoms with Crippen molar-refractivity contribution >= 4 is 0 Å². The summed E-state index contributed by atoms with van der Waals surface area (Å²) in [6.45, 7) is 3.89. The van der Waals surface area contributed by atoms with E-state index >= 15 is 0 Å². The van der Waals surface area contributed by atoms with Gasteiger partial charge in [0.25, 0.3) is 0 Å². The Labute approximate surface area is 123 Å². The molecule has 0 fully saturated rings. The third-order valence-electron chi connectivity index (χ3n) is 3.66. The maximum absolute atomic E-state index is 14.0. The van der Waals surface area contributed by atoms with Gasteiger partial charge in [-0.2, -0.15) is 0 Å². The molecule has 112 valence electrons. The Balaban J connectivity index is 2.53. The van der Waals surface area contributed by atoms with E-state index in [1.54, 1.807) is 14.2 Å². The van der Waals surface area contributed by atoms with Crippen molar-refractivity contribution in [3.05, 3.63) is 64.2 Å². The van der Waals surface area contributed by atoms with Crippen LogP contribution in [0.2, 0.25) is 0 Å². The second-order valence-corrected chi connectivity index (χ2v) is 5.07. The van der Waals surface area contributed by atoms with Crippen LogP contribution in [0.3, 0.4) is 0 Å². The first-order valence-corrected chi connectivity index (χ1v) is 6.75. The molecule has 0 saturated heterocycles. The van der Waals surface area contributed by atoms with E-state index in [0.29, 0.717) is 5.56 Å². The summed E-state index contributed by atoms with van der Waals surface area (Å²) in [5.41, 5.74) is 3.33. The van der Waals surface area contributed by atoms with Gasteiger partial charge in [-0.3, -0.25) is 0 Å². The highest BCUT2D eigenvalue weighted by atomic mass is 19.1. The Bertz CT molecular complexity index is 655. The fourth-order valence-corrected chi connectivity index (χ4v) is 2.56. The molecule has 1 N–H and O–H groups in total. The Hall–Kier alpha value is -1.94. The maximum Gasteiger partial charge on any atom is 0.131 e. The first-order chi connectivity index (χ1) is 9.97. The van der Waals surface area contributed by atoms with E-state index < -0.39 is 11.6 Å². The summed E-state index contributed by atoms with van der Waals surface area (Å²) in [5, 5.41) is 3.10. The van der Waals surface area contributed by atoms with Crippen molar-refractivity contribution < 1.29 is 13.5 Å². The Morgan fingerprint density at radius 1 is 1.00 bits per heavy atom. The molecule has 0 aliphatic heterocycles. The first kappa shape index (κ1) is 15.4. The average Bonchev–Trinajstić information content (AvgIpc) is 2.45. The van der Waals surface area contributed by atoms with Crippen LogP contribution in [0.1, 0.15) is 28.3 Å². The highest BCUT2D eigenvalue weighted by molar-refractivity contribution is 5.46. The third-order valence-corrected chi connectivity index (χ3v) is 3.66. The number of methoxy groups -OCH3 is 1. The van der Waals surface area contributed by atoms with Crippen LogP contribution in [-0.4, -0.2) is 14.2 Å². The molecule has 0 amide bonds. The van der Waals surface area contributed by atoms with Gasteiger partial charge in [0.1, 0.15) is 17.4 Å². The van der Waals surface area contributed by atoms with Gasteiger partial charge in [0, 0.05) is 11.6 Å². The summed E-state index contributed by atoms with van der Waals surface area (Å²) in [4.78, 5) is 0. The highest BCUT2D eigenvalue weighted by Gasteiger charge is 2.19. The third kappa shape index (κ3) is 3.05. The van der Waals surface area contributed by atoms with Crippen LogP contribution in [-0.2, 0) is 0 Å². The molecule has 0 heterocycles. The van der Waals surface area contributed by atoms with Gasteiger partial charge < -0.3 is 10.1 Å². The molecule has 2 aromatic carbocycles. The fraction of sp³-hybridized carbons (Fsp3) is 0.294. The van der Waals surface area contributed by atoms with E-state index in [0.717, 1.165) is 28.5 Å². The van der Waals surface area contributed by atoms with Crippen molar-refractivity contribution in [1.29, 1.82) is 0 Å². The van der Waals surface area contributed by atoms with Gasteiger partial charge in [-0.25, -0.2) is 8.78 Å². The van der Waals surface area contributed by atoms with E-state index in [1.807, 2.05) is 26.0 Å². The van der Waals surface area contributed by atoms with Gasteiger partial charge in [0.2, 0.25) is 0 Å². The predicted octanol–water partition coefficient (Wildman–Crippen LogP) is 3.90. The van der Waals surface area contributed by atoms with E-state index in [9.17, 15) is 8.78 Å². The summed E-state index contributed by atoms with van der Waals surface area (Å²) in [6, 6.07) is 7.22. The molecule has 0 aromatic heterocycles. The molecule has 1 unspecified atom stereocenters. The molecule has 0 bridgehead atoms. The quantitative estimate of drug-likeness (QED) is 0.922. The zero-order chi connectivity index (χ0) is 15.6. The van der Waals surface area contributed by atoms with Crippen LogP contribution in [0, 0.1) is 25.5 Å². The van der Waals surface area contributed by atoms with Gasteiger partial charge >= 0.3 is 0 Å². The molecule has 2 aromatic rings. The van der Waals surface area contributed by atoms with Gasteiger partial charge in [-0.15, -0.1) is 0 Å². The van der Waals surface area contributed by atoms with Crippen LogP contribution in [0.15, 0.2) is 30.3 Å². The molecule has 0 radical (unpaired) electrons. The van der Waals surface area contributed by atoms with Crippen molar-refractivity contribution in [3.63, 3.8) is 0 Å². The van der Waals surface area contributed by atoms with Crippen molar-refractivity contribution in [2.24, 2.45) is 0 Å². The zero-order valence-corrected chi connectivity index (χ0v) is 12.6. The van der Waals surface area contributed by atoms with E-state index in [1.165, 1.54) is 12.1 Å². The SMILES string of the molecule is CNC(c1cc(C)c(OC)cc1C)c1ccc(F)cc1F. The molecule has 4 heteroatoms. The molecule has 0 spiro atoms. The van der Waals surface area contributed by atoms with Crippen molar-refractivity contribution in [3.8, 4) is 5.75 Å². The topological polar surface area (TPSA) is 21.3 Å². The second kappa shape index (κ2) is 6.22. The van der Waals surface area contributed by atoms with Crippen molar-refractivity contribution in [1.82, 2.24) is 5.32 Å². The monoisotopic (exact) mass is 291 g/mol. The van der Waals surface area contributed by atoms with Gasteiger partial charge in [0.05, 0.1) is 13.2 Å². The lowest BCUT2D eigenvalue weighted by Gasteiger charge is -2.21. The summed E-state index contributed by atoms with van der Waals surface area (Å²) in [7, 11) is 3.38. The lowest BCUT2D eigenvalue weighted by atomic mass is 9.93. The smallest absolute Gasteiger partial charge is 0.131 e. The second-order valence-electron chi connectivity index (χ2n) is 5.07. The Kier molecular flexibility index (Phi) is 4.58. The standard InChI is InChI=1S/C17H19F2NO/c1-10-8-16(21-4)11(2)7-14(10)17(20-3)13-6-5-12(18)9-15(13)19/h5-9,17,20H,1-4H3. The molecule has 1 atom stereocenters. The Morgan fingerprint density at radius 3 is 2.29 bits per heavy atom. The molecular weight excluding hydrogens is 272 g/mol. The number of rotatable bonds is 4. The summed E-state index contributed by atoms with van der Waals surface area (Å²) in [6.07, 6.45) is 0. The van der Waals surface area contributed by atoms with Crippen LogP contribution in [0.5, 0.6) is 5.75 Å². The molecule has 0 saturated carbocycles. The first-order valence-electron chi connectivity index (χ1n) is 6.75. The number of hydrogen-bond donors (Lipinski definition) is 1. The van der Waals surface area contributed by atoms with Crippen LogP contribution < -0.4 is 10.1 Å². The minimum Gasteiger partial charge on any atom is -0.496 e. The lowest BCUT2D eigenvalue weighted by molar-refractivity contribution is 0.411. The average molecular weight is 291 g/mol. The number of aryl methyl sites for hydroxylation is 2. The van der Waals surface area contributed by atoms with E-state index in [-0.39, 0.29) is 6.04 Å². The summed E-state index contributed by atoms with van der Waals surface area (Å²) in [5.74, 6) is -0.332. The van der Waals surface area contributed by atoms with Gasteiger partial charge in [-0.05, 0) is 49.7 Å². The van der Waals surface area contributed by atoms with Crippen molar-refractivity contribution in [2.45, 2.75) is 19.9 Å². The van der Waals surface area contributed by atoms with E-state index in [4.69, 9.17) is 4.74 Å². The Morgan fingerprint density at radius 2 is 1.71 bits per heavy atom. The van der Waals surface area contributed by atoms with Gasteiger partial charge in [-0.1, -0.05) is 12.1 Å². The molecule has 21 heavy (non-hydrogen) atoms. The highest BCUT2D eigenvalue weighted by Crippen LogP contribution is 2.31. The van der Waals surface area contributed by atoms with Crippen LogP contribution in [0.4, 0.5) is 8.78 Å². The fourth-order valence-electron chi connectivity index (χ4n) is 2.56. The number of ether oxygens (including phenoxy) is 1. The largest absolute Gasteiger partial charge is 0.496 e. The van der Waals surface area contributed by atoms with E-state index in [2.05, 4.69) is 5.32 Å². The summed E-state index contributed by atoms with van der Waals surface area (Å²) < 4.78 is 32.4. The molecule has 0 aliphatic carbocycles.